The van der Waals surface area contributed by atoms with Crippen molar-refractivity contribution in [3.8, 4) is 0 Å². The molecule has 4 nitrogen and oxygen atoms in total. The van der Waals surface area contributed by atoms with E-state index >= 15 is 0 Å². The van der Waals surface area contributed by atoms with Gasteiger partial charge in [0.1, 0.15) is 0 Å². The number of nitrogens with two attached hydrogens (primary N) is 1. The molecule has 0 saturated heterocycles. The van der Waals surface area contributed by atoms with Crippen molar-refractivity contribution in [1.29, 1.82) is 0 Å². The fraction of sp³-hybridized carbons (Fsp3) is 0.429. The topological polar surface area (TPSA) is 69.2 Å². The van der Waals surface area contributed by atoms with E-state index in [4.69, 9.17) is 5.73 Å². The molecular weight excluding hydrogens is 777 g/mol. The summed E-state index contributed by atoms with van der Waals surface area (Å²) in [5, 5.41) is 11.1. The molecule has 5 unspecified atom stereocenters. The summed E-state index contributed by atoms with van der Waals surface area (Å²) in [6.07, 6.45) is 7.00. The van der Waals surface area contributed by atoms with Gasteiger partial charge in [0.2, 0.25) is 0 Å². The number of nitro benzene ring substituents is 1. The molecule has 0 spiro atoms. The van der Waals surface area contributed by atoms with Gasteiger partial charge in [-0.05, 0) is 78.7 Å². The van der Waals surface area contributed by atoms with Gasteiger partial charge in [0.05, 0.1) is 4.92 Å². The Bertz CT molecular complexity index is 1190. The van der Waals surface area contributed by atoms with Crippen molar-refractivity contribution in [3.05, 3.63) is 92.1 Å². The first kappa shape index (κ1) is 27.3. The van der Waals surface area contributed by atoms with Crippen LogP contribution in [0.25, 0.3) is 0 Å². The van der Waals surface area contributed by atoms with Crippen LogP contribution in [-0.2, 0) is 0 Å². The molecule has 0 radical (unpaired) electrons. The predicted molar refractivity (Wildman–Crippen MR) is 158 cm³/mol. The Morgan fingerprint density at radius 1 is 1.00 bits per heavy atom. The molecule has 5 atom stereocenters. The Hall–Kier alpha value is -0.690. The van der Waals surface area contributed by atoms with E-state index in [2.05, 4.69) is 95.3 Å². The Labute approximate surface area is 238 Å². The van der Waals surface area contributed by atoms with Gasteiger partial charge in [0, 0.05) is 29.2 Å². The van der Waals surface area contributed by atoms with E-state index < -0.39 is 0 Å². The fourth-order valence-electron chi connectivity index (χ4n) is 7.11. The van der Waals surface area contributed by atoms with Crippen LogP contribution in [0.15, 0.2) is 59.7 Å². The predicted octanol–water partition coefficient (Wildman–Crippen LogP) is 5.97. The van der Waals surface area contributed by atoms with Gasteiger partial charge in [-0.1, -0.05) is 55.8 Å². The van der Waals surface area contributed by atoms with Gasteiger partial charge in [-0.3, -0.25) is 10.1 Å². The molecule has 188 valence electrons. The summed E-state index contributed by atoms with van der Waals surface area (Å²) in [7, 11) is 0. The van der Waals surface area contributed by atoms with Crippen LogP contribution in [0, 0.1) is 22.0 Å². The molecule has 2 aromatic rings. The average molecular weight is 809 g/mol. The Kier molecular flexibility index (Phi) is 8.88. The number of halogens is 3. The molecular formula is C28H32I3N2O2-. The second-order valence-corrected chi connectivity index (χ2v) is 26.6. The maximum absolute atomic E-state index is 11.1. The average Bonchev–Trinajstić information content (AvgIpc) is 3.57. The van der Waals surface area contributed by atoms with E-state index in [0.29, 0.717) is 13.3 Å². The van der Waals surface area contributed by atoms with Gasteiger partial charge in [-0.25, -0.2) is 0 Å². The van der Waals surface area contributed by atoms with Crippen molar-refractivity contribution in [2.75, 3.05) is 5.73 Å². The fourth-order valence-corrected chi connectivity index (χ4v) is 7.11. The van der Waals surface area contributed by atoms with Crippen molar-refractivity contribution >= 4 is 48.6 Å². The van der Waals surface area contributed by atoms with Crippen molar-refractivity contribution in [2.45, 2.75) is 64.2 Å². The summed E-state index contributed by atoms with van der Waals surface area (Å²) >= 11 is 5.30. The zero-order valence-electron chi connectivity index (χ0n) is 20.5. The molecule has 35 heavy (non-hydrogen) atoms. The summed E-state index contributed by atoms with van der Waals surface area (Å²) < 4.78 is 0. The molecule has 0 amide bonds. The van der Waals surface area contributed by atoms with Crippen molar-refractivity contribution in [3.63, 3.8) is 0 Å². The number of anilines is 1. The molecule has 2 N–H and O–H groups in total. The first-order valence-electron chi connectivity index (χ1n) is 12.1. The van der Waals surface area contributed by atoms with E-state index in [-0.39, 0.29) is 22.4 Å². The van der Waals surface area contributed by atoms with E-state index in [1.807, 2.05) is 6.07 Å². The van der Waals surface area contributed by atoms with Gasteiger partial charge < -0.3 is 5.73 Å². The van der Waals surface area contributed by atoms with Crippen molar-refractivity contribution < 1.29 is 18.2 Å². The number of rotatable bonds is 2. The minimum absolute atomic E-state index is 0.126. The minimum atomic E-state index is -0.268. The third-order valence-electron chi connectivity index (χ3n) is 8.13. The normalized spacial score (nSPS) is 26.1. The van der Waals surface area contributed by atoms with Gasteiger partial charge in [0.25, 0.3) is 5.69 Å². The van der Waals surface area contributed by atoms with Crippen LogP contribution in [0.3, 0.4) is 0 Å². The summed E-state index contributed by atoms with van der Waals surface area (Å²) in [4.78, 5) is 10.8. The summed E-state index contributed by atoms with van der Waals surface area (Å²) in [5.41, 5.74) is 15.1. The standard InChI is InChI=1S/C14H13NO2.C14H19N.I3/c1-8(2)13-10-6-7-11(13)14-9(10)4-3-5-12(14)15(16)17;1-8(2)13-10-6-7-11(13)14-9(10)4-3-5-12(14)15;1-3-2/h3-7,10-11H,1-2H3;3-5,8,10-11,13H,6-7,15H2,1-2H3;/q;;-1. The summed E-state index contributed by atoms with van der Waals surface area (Å²) in [6.45, 7) is 8.89. The zero-order valence-corrected chi connectivity index (χ0v) is 26.9. The van der Waals surface area contributed by atoms with Gasteiger partial charge in [-0.15, -0.1) is 0 Å². The number of nitro groups is 1. The zero-order chi connectivity index (χ0) is 25.4. The molecule has 0 aromatic heterocycles. The third-order valence-corrected chi connectivity index (χ3v) is 8.13. The number of nitrogens with zero attached hydrogens (tertiary/aromatic N) is 1. The first-order chi connectivity index (χ1) is 16.7. The van der Waals surface area contributed by atoms with E-state index in [9.17, 15) is 10.1 Å². The van der Waals surface area contributed by atoms with E-state index in [1.165, 1.54) is 29.6 Å². The van der Waals surface area contributed by atoms with E-state index in [1.54, 1.807) is 17.7 Å². The first-order valence-corrected chi connectivity index (χ1v) is 24.7. The quantitative estimate of drug-likeness (QED) is 0.134. The van der Waals surface area contributed by atoms with Crippen LogP contribution in [0.4, 0.5) is 11.4 Å². The molecule has 4 aliphatic carbocycles. The number of fused-ring (bicyclic) bond motifs is 10. The van der Waals surface area contributed by atoms with Crippen LogP contribution < -0.4 is 19.0 Å². The molecule has 4 aliphatic rings. The second-order valence-electron chi connectivity index (χ2n) is 10.3. The summed E-state index contributed by atoms with van der Waals surface area (Å²) in [5.74, 6) is 3.58. The molecule has 6 rings (SSSR count). The maximum atomic E-state index is 11.1. The Morgan fingerprint density at radius 3 is 2.20 bits per heavy atom. The molecule has 2 aromatic carbocycles. The number of hydrogen-bond donors (Lipinski definition) is 1. The van der Waals surface area contributed by atoms with Gasteiger partial charge in [-0.2, -0.15) is 0 Å². The summed E-state index contributed by atoms with van der Waals surface area (Å²) in [6, 6.07) is 11.9. The third kappa shape index (κ3) is 4.94. The van der Waals surface area contributed by atoms with Gasteiger partial charge >= 0.3 is 50.5 Å². The number of benzene rings is 2. The molecule has 1 saturated carbocycles. The molecule has 7 heteroatoms. The number of hydrogen-bond acceptors (Lipinski definition) is 3. The van der Waals surface area contributed by atoms with Gasteiger partial charge in [0.15, 0.2) is 0 Å². The van der Waals surface area contributed by atoms with Crippen LogP contribution in [-0.4, -0.2) is 4.92 Å². The monoisotopic (exact) mass is 809 g/mol. The van der Waals surface area contributed by atoms with Crippen molar-refractivity contribution in [1.82, 2.24) is 0 Å². The Balaban J connectivity index is 0.000000150. The number of nitrogen functional groups attached to an aromatic ring is 1. The van der Waals surface area contributed by atoms with Crippen LogP contribution in [0.1, 0.15) is 86.5 Å². The number of allylic oxidation sites excluding steroid dienone is 4. The van der Waals surface area contributed by atoms with Crippen LogP contribution in [0.2, 0.25) is 0 Å². The molecule has 1 fully saturated rings. The second kappa shape index (κ2) is 11.4. The Morgan fingerprint density at radius 2 is 1.60 bits per heavy atom. The molecule has 0 aliphatic heterocycles. The van der Waals surface area contributed by atoms with Crippen LogP contribution >= 0.6 is 37.2 Å². The van der Waals surface area contributed by atoms with E-state index in [0.717, 1.165) is 40.5 Å². The van der Waals surface area contributed by atoms with Crippen molar-refractivity contribution in [2.24, 2.45) is 11.8 Å². The molecule has 4 bridgehead atoms. The SMILES string of the molecule is CC(C)=C1C2C=CC1c1c2cccc1[N+](=O)[O-].CC(C)C1C2CCC1c1c(N)cccc12.I[I-]I. The van der Waals surface area contributed by atoms with Crippen LogP contribution in [0.5, 0.6) is 0 Å². The molecule has 0 heterocycles.